The number of rotatable bonds is 6. The fourth-order valence-electron chi connectivity index (χ4n) is 2.36. The summed E-state index contributed by atoms with van der Waals surface area (Å²) < 4.78 is 1.43. The average Bonchev–Trinajstić information content (AvgIpc) is 3.41. The van der Waals surface area contributed by atoms with Gasteiger partial charge in [0.1, 0.15) is 0 Å². The summed E-state index contributed by atoms with van der Waals surface area (Å²) in [5.74, 6) is -0.00441. The minimum absolute atomic E-state index is 0.140. The molecular weight excluding hydrogens is 312 g/mol. The van der Waals surface area contributed by atoms with E-state index in [2.05, 4.69) is 10.3 Å². The van der Waals surface area contributed by atoms with Crippen LogP contribution in [0, 0.1) is 10.1 Å². The van der Waals surface area contributed by atoms with Crippen molar-refractivity contribution in [3.8, 4) is 0 Å². The first-order valence-electron chi connectivity index (χ1n) is 7.63. The lowest BCUT2D eigenvalue weighted by Gasteiger charge is -2.08. The number of hydrogen-bond donors (Lipinski definition) is 1. The van der Waals surface area contributed by atoms with Crippen LogP contribution in [-0.2, 0) is 6.54 Å². The fraction of sp³-hybridized carbons (Fsp3) is 0.312. The standard InChI is InChI=1S/C16H16N4O4/c21-15-9-14(11-4-5-11)18-10-19(15)7-6-17-16(22)12-2-1-3-13(8-12)20(23)24/h1-3,8-11H,4-7H2,(H,17,22). The molecule has 1 aromatic carbocycles. The van der Waals surface area contributed by atoms with Crippen LogP contribution < -0.4 is 10.9 Å². The van der Waals surface area contributed by atoms with E-state index < -0.39 is 10.8 Å². The number of nitro groups is 1. The lowest BCUT2D eigenvalue weighted by molar-refractivity contribution is -0.384. The number of nitrogens with one attached hydrogen (secondary N) is 1. The minimum atomic E-state index is -0.552. The number of amides is 1. The topological polar surface area (TPSA) is 107 Å². The van der Waals surface area contributed by atoms with Crippen LogP contribution in [0.25, 0.3) is 0 Å². The molecule has 0 spiro atoms. The summed E-state index contributed by atoms with van der Waals surface area (Å²) in [7, 11) is 0. The molecule has 1 heterocycles. The molecule has 3 rings (SSSR count). The molecule has 0 bridgehead atoms. The quantitative estimate of drug-likeness (QED) is 0.638. The molecule has 0 radical (unpaired) electrons. The molecule has 0 unspecified atom stereocenters. The lowest BCUT2D eigenvalue weighted by atomic mass is 10.2. The molecule has 1 saturated carbocycles. The van der Waals surface area contributed by atoms with Crippen LogP contribution in [0.2, 0.25) is 0 Å². The molecule has 0 saturated heterocycles. The SMILES string of the molecule is O=C(NCCn1cnc(C2CC2)cc1=O)c1cccc([N+](=O)[O-])c1. The van der Waals surface area contributed by atoms with E-state index in [9.17, 15) is 19.7 Å². The number of nitrogens with zero attached hydrogens (tertiary/aromatic N) is 3. The van der Waals surface area contributed by atoms with Gasteiger partial charge >= 0.3 is 0 Å². The summed E-state index contributed by atoms with van der Waals surface area (Å²) >= 11 is 0. The fourth-order valence-corrected chi connectivity index (χ4v) is 2.36. The maximum atomic E-state index is 12.0. The van der Waals surface area contributed by atoms with E-state index in [1.54, 1.807) is 6.07 Å². The zero-order chi connectivity index (χ0) is 17.1. The molecule has 24 heavy (non-hydrogen) atoms. The Morgan fingerprint density at radius 2 is 2.17 bits per heavy atom. The highest BCUT2D eigenvalue weighted by Gasteiger charge is 2.25. The van der Waals surface area contributed by atoms with Gasteiger partial charge in [-0.05, 0) is 18.9 Å². The van der Waals surface area contributed by atoms with Gasteiger partial charge < -0.3 is 5.32 Å². The Morgan fingerprint density at radius 1 is 1.38 bits per heavy atom. The molecule has 124 valence electrons. The number of nitro benzene ring substituents is 1. The van der Waals surface area contributed by atoms with Gasteiger partial charge in [-0.3, -0.25) is 24.3 Å². The molecule has 0 aliphatic heterocycles. The molecule has 1 fully saturated rings. The number of benzene rings is 1. The summed E-state index contributed by atoms with van der Waals surface area (Å²) in [6.45, 7) is 0.517. The summed E-state index contributed by atoms with van der Waals surface area (Å²) in [5.41, 5.74) is 0.755. The normalized spacial score (nSPS) is 13.5. The molecule has 1 aliphatic rings. The van der Waals surface area contributed by atoms with Crippen LogP contribution in [0.15, 0.2) is 41.5 Å². The van der Waals surface area contributed by atoms with Gasteiger partial charge in [0.05, 0.1) is 16.9 Å². The van der Waals surface area contributed by atoms with Gasteiger partial charge in [-0.2, -0.15) is 0 Å². The molecule has 8 heteroatoms. The summed E-state index contributed by atoms with van der Waals surface area (Å²) in [6.07, 6.45) is 3.65. The van der Waals surface area contributed by atoms with Crippen molar-refractivity contribution in [2.24, 2.45) is 0 Å². The first-order chi connectivity index (χ1) is 11.5. The number of carbonyl (C=O) groups excluding carboxylic acids is 1. The highest BCUT2D eigenvalue weighted by Crippen LogP contribution is 2.38. The second kappa shape index (κ2) is 6.61. The third-order valence-corrected chi connectivity index (χ3v) is 3.85. The average molecular weight is 328 g/mol. The first-order valence-corrected chi connectivity index (χ1v) is 7.63. The van der Waals surface area contributed by atoms with Crippen molar-refractivity contribution in [1.82, 2.24) is 14.9 Å². The molecule has 1 amide bonds. The Hall–Kier alpha value is -3.03. The smallest absolute Gasteiger partial charge is 0.270 e. The largest absolute Gasteiger partial charge is 0.350 e. The number of carbonyl (C=O) groups is 1. The van der Waals surface area contributed by atoms with E-state index in [1.807, 2.05) is 0 Å². The summed E-state index contributed by atoms with van der Waals surface area (Å²) in [4.78, 5) is 38.4. The van der Waals surface area contributed by atoms with Crippen molar-refractivity contribution in [3.05, 3.63) is 68.4 Å². The Balaban J connectivity index is 1.58. The van der Waals surface area contributed by atoms with E-state index in [4.69, 9.17) is 0 Å². The van der Waals surface area contributed by atoms with E-state index in [0.29, 0.717) is 5.92 Å². The molecule has 1 aromatic heterocycles. The molecule has 2 aromatic rings. The van der Waals surface area contributed by atoms with Crippen LogP contribution >= 0.6 is 0 Å². The van der Waals surface area contributed by atoms with E-state index in [0.717, 1.165) is 18.5 Å². The number of hydrogen-bond acceptors (Lipinski definition) is 5. The first kappa shape index (κ1) is 15.9. The Bertz CT molecular complexity index is 842. The molecule has 0 atom stereocenters. The lowest BCUT2D eigenvalue weighted by Crippen LogP contribution is -2.31. The van der Waals surface area contributed by atoms with Crippen molar-refractivity contribution >= 4 is 11.6 Å². The summed E-state index contributed by atoms with van der Waals surface area (Å²) in [6, 6.07) is 7.04. The molecule has 1 aliphatic carbocycles. The predicted molar refractivity (Wildman–Crippen MR) is 85.9 cm³/mol. The maximum Gasteiger partial charge on any atom is 0.270 e. The van der Waals surface area contributed by atoms with Crippen molar-refractivity contribution in [3.63, 3.8) is 0 Å². The Kier molecular flexibility index (Phi) is 4.37. The van der Waals surface area contributed by atoms with Gasteiger partial charge in [0.2, 0.25) is 0 Å². The van der Waals surface area contributed by atoms with Gasteiger partial charge in [0, 0.05) is 42.8 Å². The van der Waals surface area contributed by atoms with Gasteiger partial charge in [-0.25, -0.2) is 4.98 Å². The van der Waals surface area contributed by atoms with E-state index >= 15 is 0 Å². The van der Waals surface area contributed by atoms with E-state index in [1.165, 1.54) is 35.2 Å². The third kappa shape index (κ3) is 3.65. The van der Waals surface area contributed by atoms with Gasteiger partial charge in [-0.15, -0.1) is 0 Å². The van der Waals surface area contributed by atoms with Crippen LogP contribution in [0.3, 0.4) is 0 Å². The second-order valence-electron chi connectivity index (χ2n) is 5.68. The number of non-ortho nitro benzene ring substituents is 1. The van der Waals surface area contributed by atoms with Crippen LogP contribution in [0.4, 0.5) is 5.69 Å². The maximum absolute atomic E-state index is 12.0. The van der Waals surface area contributed by atoms with Crippen molar-refractivity contribution < 1.29 is 9.72 Å². The van der Waals surface area contributed by atoms with Gasteiger partial charge in [-0.1, -0.05) is 6.07 Å². The van der Waals surface area contributed by atoms with Crippen LogP contribution in [0.5, 0.6) is 0 Å². The predicted octanol–water partition coefficient (Wildman–Crippen LogP) is 1.46. The highest BCUT2D eigenvalue weighted by molar-refractivity contribution is 5.94. The number of aromatic nitrogens is 2. The van der Waals surface area contributed by atoms with Crippen molar-refractivity contribution in [1.29, 1.82) is 0 Å². The highest BCUT2D eigenvalue weighted by atomic mass is 16.6. The second-order valence-corrected chi connectivity index (χ2v) is 5.68. The molecular formula is C16H16N4O4. The Morgan fingerprint density at radius 3 is 2.83 bits per heavy atom. The van der Waals surface area contributed by atoms with Crippen LogP contribution in [-0.4, -0.2) is 26.9 Å². The van der Waals surface area contributed by atoms with Crippen molar-refractivity contribution in [2.75, 3.05) is 6.54 Å². The zero-order valence-corrected chi connectivity index (χ0v) is 12.8. The minimum Gasteiger partial charge on any atom is -0.350 e. The zero-order valence-electron chi connectivity index (χ0n) is 12.8. The van der Waals surface area contributed by atoms with Gasteiger partial charge in [0.25, 0.3) is 17.2 Å². The molecule has 1 N–H and O–H groups in total. The van der Waals surface area contributed by atoms with E-state index in [-0.39, 0.29) is 29.9 Å². The monoisotopic (exact) mass is 328 g/mol. The Labute approximate surface area is 137 Å². The molecule has 8 nitrogen and oxygen atoms in total. The third-order valence-electron chi connectivity index (χ3n) is 3.85. The van der Waals surface area contributed by atoms with Crippen LogP contribution in [0.1, 0.15) is 34.8 Å². The van der Waals surface area contributed by atoms with Crippen molar-refractivity contribution in [2.45, 2.75) is 25.3 Å². The van der Waals surface area contributed by atoms with Gasteiger partial charge in [0.15, 0.2) is 0 Å². The summed E-state index contributed by atoms with van der Waals surface area (Å²) in [5, 5.41) is 13.4.